The van der Waals surface area contributed by atoms with Gasteiger partial charge in [-0.3, -0.25) is 0 Å². The number of aryl methyl sites for hydroxylation is 1. The van der Waals surface area contributed by atoms with Gasteiger partial charge in [0.25, 0.3) is 0 Å². The van der Waals surface area contributed by atoms with Crippen LogP contribution in [0.5, 0.6) is 0 Å². The van der Waals surface area contributed by atoms with Crippen molar-refractivity contribution >= 4 is 11.8 Å². The van der Waals surface area contributed by atoms with Gasteiger partial charge >= 0.3 is 6.18 Å². The molecule has 0 spiro atoms. The SMILES string of the molecule is Cn1c(SCCCc2nnnn2-c2ccccc2)nnc1C(F)(F)F. The molecular weight excluding hydrogens is 355 g/mol. The lowest BCUT2D eigenvalue weighted by molar-refractivity contribution is -0.147. The van der Waals surface area contributed by atoms with Gasteiger partial charge in [0.15, 0.2) is 11.0 Å². The number of hydrogen-bond acceptors (Lipinski definition) is 6. The van der Waals surface area contributed by atoms with Gasteiger partial charge in [0, 0.05) is 19.2 Å². The minimum absolute atomic E-state index is 0.231. The molecule has 0 N–H and O–H groups in total. The molecule has 2 heterocycles. The maximum Gasteiger partial charge on any atom is 0.451 e. The molecule has 0 atom stereocenters. The van der Waals surface area contributed by atoms with E-state index in [4.69, 9.17) is 0 Å². The first-order chi connectivity index (χ1) is 12.0. The first-order valence-corrected chi connectivity index (χ1v) is 8.37. The van der Waals surface area contributed by atoms with E-state index in [1.165, 1.54) is 18.8 Å². The van der Waals surface area contributed by atoms with Gasteiger partial charge in [0.1, 0.15) is 0 Å². The summed E-state index contributed by atoms with van der Waals surface area (Å²) in [4.78, 5) is 0. The van der Waals surface area contributed by atoms with Gasteiger partial charge in [0.05, 0.1) is 5.69 Å². The highest BCUT2D eigenvalue weighted by molar-refractivity contribution is 7.99. The van der Waals surface area contributed by atoms with Crippen LogP contribution in [0.4, 0.5) is 13.2 Å². The molecule has 2 aromatic heterocycles. The number of tetrazole rings is 1. The average molecular weight is 369 g/mol. The van der Waals surface area contributed by atoms with E-state index in [-0.39, 0.29) is 5.16 Å². The molecule has 25 heavy (non-hydrogen) atoms. The predicted molar refractivity (Wildman–Crippen MR) is 84.2 cm³/mol. The number of nitrogens with zero attached hydrogens (tertiary/aromatic N) is 7. The monoisotopic (exact) mass is 369 g/mol. The highest BCUT2D eigenvalue weighted by Gasteiger charge is 2.37. The minimum Gasteiger partial charge on any atom is -0.302 e. The summed E-state index contributed by atoms with van der Waals surface area (Å²) in [5.74, 6) is 0.273. The van der Waals surface area contributed by atoms with E-state index in [9.17, 15) is 13.2 Å². The first kappa shape index (κ1) is 17.4. The fraction of sp³-hybridized carbons (Fsp3) is 0.357. The van der Waals surface area contributed by atoms with Crippen molar-refractivity contribution in [1.29, 1.82) is 0 Å². The molecule has 0 aliphatic rings. The Hall–Kier alpha value is -2.43. The van der Waals surface area contributed by atoms with E-state index in [1.54, 1.807) is 4.68 Å². The van der Waals surface area contributed by atoms with E-state index in [2.05, 4.69) is 25.7 Å². The Morgan fingerprint density at radius 2 is 1.84 bits per heavy atom. The number of thioether (sulfide) groups is 1. The van der Waals surface area contributed by atoms with E-state index in [0.29, 0.717) is 24.4 Å². The molecular formula is C14H14F3N7S. The number of rotatable bonds is 6. The Morgan fingerprint density at radius 1 is 1.08 bits per heavy atom. The standard InChI is InChI=1S/C14H14F3N7S/c1-23-12(14(15,16)17)19-20-13(23)25-9-5-8-11-18-21-22-24(11)10-6-3-2-4-7-10/h2-4,6-7H,5,8-9H2,1H3. The number of para-hydroxylation sites is 1. The van der Waals surface area contributed by atoms with E-state index >= 15 is 0 Å². The highest BCUT2D eigenvalue weighted by Crippen LogP contribution is 2.29. The lowest BCUT2D eigenvalue weighted by atomic mass is 10.3. The van der Waals surface area contributed by atoms with Gasteiger partial charge in [-0.25, -0.2) is 0 Å². The van der Waals surface area contributed by atoms with Crippen molar-refractivity contribution in [3.8, 4) is 5.69 Å². The van der Waals surface area contributed by atoms with Crippen LogP contribution >= 0.6 is 11.8 Å². The maximum absolute atomic E-state index is 12.7. The maximum atomic E-state index is 12.7. The van der Waals surface area contributed by atoms with Crippen LogP contribution in [0.2, 0.25) is 0 Å². The van der Waals surface area contributed by atoms with Crippen LogP contribution in [-0.2, 0) is 19.6 Å². The number of benzene rings is 1. The van der Waals surface area contributed by atoms with Crippen LogP contribution < -0.4 is 0 Å². The van der Waals surface area contributed by atoms with Crippen molar-refractivity contribution in [2.75, 3.05) is 5.75 Å². The summed E-state index contributed by atoms with van der Waals surface area (Å²) in [6.45, 7) is 0. The van der Waals surface area contributed by atoms with Crippen molar-refractivity contribution in [2.45, 2.75) is 24.2 Å². The van der Waals surface area contributed by atoms with Crippen LogP contribution in [0.15, 0.2) is 35.5 Å². The summed E-state index contributed by atoms with van der Waals surface area (Å²) in [5, 5.41) is 18.7. The number of hydrogen-bond donors (Lipinski definition) is 0. The smallest absolute Gasteiger partial charge is 0.302 e. The molecule has 7 nitrogen and oxygen atoms in total. The zero-order valence-electron chi connectivity index (χ0n) is 13.2. The molecule has 0 radical (unpaired) electrons. The average Bonchev–Trinajstić information content (AvgIpc) is 3.19. The third kappa shape index (κ3) is 3.98. The van der Waals surface area contributed by atoms with E-state index in [1.807, 2.05) is 30.3 Å². The van der Waals surface area contributed by atoms with Crippen LogP contribution in [0.1, 0.15) is 18.1 Å². The van der Waals surface area contributed by atoms with Gasteiger partial charge in [0.2, 0.25) is 5.82 Å². The van der Waals surface area contributed by atoms with Crippen molar-refractivity contribution in [3.63, 3.8) is 0 Å². The zero-order chi connectivity index (χ0) is 17.9. The Bertz CT molecular complexity index is 829. The normalized spacial score (nSPS) is 11.8. The number of halogens is 3. The Balaban J connectivity index is 1.57. The topological polar surface area (TPSA) is 74.3 Å². The molecule has 0 unspecified atom stereocenters. The zero-order valence-corrected chi connectivity index (χ0v) is 14.0. The third-order valence-corrected chi connectivity index (χ3v) is 4.51. The summed E-state index contributed by atoms with van der Waals surface area (Å²) < 4.78 is 40.7. The van der Waals surface area contributed by atoms with Gasteiger partial charge in [-0.2, -0.15) is 17.9 Å². The summed E-state index contributed by atoms with van der Waals surface area (Å²) in [6.07, 6.45) is -3.22. The van der Waals surface area contributed by atoms with E-state index in [0.717, 1.165) is 10.3 Å². The third-order valence-electron chi connectivity index (χ3n) is 3.40. The molecule has 0 aliphatic heterocycles. The predicted octanol–water partition coefficient (Wildman–Crippen LogP) is 2.53. The first-order valence-electron chi connectivity index (χ1n) is 7.39. The molecule has 0 bridgehead atoms. The second-order valence-corrected chi connectivity index (χ2v) is 6.22. The van der Waals surface area contributed by atoms with Crippen LogP contribution in [-0.4, -0.2) is 40.7 Å². The van der Waals surface area contributed by atoms with Crippen LogP contribution in [0, 0.1) is 0 Å². The van der Waals surface area contributed by atoms with Crippen LogP contribution in [0.25, 0.3) is 5.69 Å². The molecule has 0 aliphatic carbocycles. The van der Waals surface area contributed by atoms with Crippen molar-refractivity contribution in [3.05, 3.63) is 42.0 Å². The molecule has 132 valence electrons. The van der Waals surface area contributed by atoms with Crippen molar-refractivity contribution in [2.24, 2.45) is 7.05 Å². The van der Waals surface area contributed by atoms with Crippen molar-refractivity contribution < 1.29 is 13.2 Å². The molecule has 3 rings (SSSR count). The second-order valence-electron chi connectivity index (χ2n) is 5.16. The van der Waals surface area contributed by atoms with Gasteiger partial charge in [-0.15, -0.1) is 15.3 Å². The van der Waals surface area contributed by atoms with Gasteiger partial charge in [-0.1, -0.05) is 30.0 Å². The molecule has 11 heteroatoms. The number of alkyl halides is 3. The highest BCUT2D eigenvalue weighted by atomic mass is 32.2. The van der Waals surface area contributed by atoms with Gasteiger partial charge < -0.3 is 4.57 Å². The van der Waals surface area contributed by atoms with Crippen LogP contribution in [0.3, 0.4) is 0 Å². The molecule has 3 aromatic rings. The quantitative estimate of drug-likeness (QED) is 0.491. The minimum atomic E-state index is -4.50. The molecule has 0 fully saturated rings. The summed E-state index contributed by atoms with van der Waals surface area (Å²) >= 11 is 1.22. The Kier molecular flexibility index (Phi) is 5.02. The fourth-order valence-electron chi connectivity index (χ4n) is 2.21. The largest absolute Gasteiger partial charge is 0.451 e. The summed E-state index contributed by atoms with van der Waals surface area (Å²) in [5.41, 5.74) is 0.860. The Morgan fingerprint density at radius 3 is 2.52 bits per heavy atom. The summed E-state index contributed by atoms with van der Waals surface area (Å²) in [6, 6.07) is 9.48. The fourth-order valence-corrected chi connectivity index (χ4v) is 3.06. The van der Waals surface area contributed by atoms with Gasteiger partial charge in [-0.05, 0) is 29.0 Å². The molecule has 0 saturated carbocycles. The Labute approximate surface area is 145 Å². The number of aromatic nitrogens is 7. The molecule has 0 amide bonds. The lowest BCUT2D eigenvalue weighted by Gasteiger charge is -2.06. The molecule has 1 aromatic carbocycles. The van der Waals surface area contributed by atoms with E-state index < -0.39 is 12.0 Å². The molecule has 0 saturated heterocycles. The lowest BCUT2D eigenvalue weighted by Crippen LogP contribution is -2.13. The van der Waals surface area contributed by atoms with Crippen molar-refractivity contribution in [1.82, 2.24) is 35.0 Å². The summed E-state index contributed by atoms with van der Waals surface area (Å²) in [7, 11) is 1.31. The second kappa shape index (κ2) is 7.21.